The standard InChI is InChI=1S/C9H10O.C2H4/c1-2-4-8(5-3-1)6-9-7-10-9;1-2/h1-5,9H,6-7H2;1-2H2. The zero-order chi connectivity index (χ0) is 8.81. The van der Waals surface area contributed by atoms with Gasteiger partial charge < -0.3 is 4.74 Å². The summed E-state index contributed by atoms with van der Waals surface area (Å²) in [6.07, 6.45) is 1.60. The Morgan fingerprint density at radius 3 is 2.33 bits per heavy atom. The smallest absolute Gasteiger partial charge is 0.0850 e. The van der Waals surface area contributed by atoms with Crippen LogP contribution in [0.2, 0.25) is 0 Å². The quantitative estimate of drug-likeness (QED) is 0.480. The highest BCUT2D eigenvalue weighted by atomic mass is 16.6. The molecule has 0 radical (unpaired) electrons. The molecule has 1 fully saturated rings. The summed E-state index contributed by atoms with van der Waals surface area (Å²) in [6, 6.07) is 10.5. The van der Waals surface area contributed by atoms with Gasteiger partial charge in [-0.05, 0) is 5.56 Å². The number of hydrogen-bond donors (Lipinski definition) is 0. The van der Waals surface area contributed by atoms with Crippen molar-refractivity contribution in [1.29, 1.82) is 0 Å². The predicted molar refractivity (Wildman–Crippen MR) is 51.1 cm³/mol. The molecule has 1 heteroatoms. The molecule has 0 aromatic heterocycles. The molecule has 0 saturated carbocycles. The molecule has 1 atom stereocenters. The van der Waals surface area contributed by atoms with Gasteiger partial charge >= 0.3 is 0 Å². The molecule has 1 aliphatic heterocycles. The number of hydrogen-bond acceptors (Lipinski definition) is 1. The van der Waals surface area contributed by atoms with Gasteiger partial charge in [0, 0.05) is 6.42 Å². The van der Waals surface area contributed by atoms with Gasteiger partial charge in [0.25, 0.3) is 0 Å². The summed E-state index contributed by atoms with van der Waals surface area (Å²) in [5.41, 5.74) is 1.38. The van der Waals surface area contributed by atoms with E-state index in [0.29, 0.717) is 6.10 Å². The van der Waals surface area contributed by atoms with Crippen LogP contribution in [0, 0.1) is 0 Å². The third kappa shape index (κ3) is 2.89. The topological polar surface area (TPSA) is 12.5 Å². The molecule has 1 unspecified atom stereocenters. The maximum Gasteiger partial charge on any atom is 0.0850 e. The average molecular weight is 162 g/mol. The fourth-order valence-corrected chi connectivity index (χ4v) is 1.06. The second-order valence-electron chi connectivity index (χ2n) is 2.65. The summed E-state index contributed by atoms with van der Waals surface area (Å²) in [6.45, 7) is 6.95. The lowest BCUT2D eigenvalue weighted by Gasteiger charge is -1.93. The lowest BCUT2D eigenvalue weighted by Crippen LogP contribution is -1.90. The Balaban J connectivity index is 0.000000336. The molecule has 0 N–H and O–H groups in total. The first-order valence-electron chi connectivity index (χ1n) is 4.11. The van der Waals surface area contributed by atoms with E-state index < -0.39 is 0 Å². The molecule has 1 heterocycles. The van der Waals surface area contributed by atoms with E-state index in [1.807, 2.05) is 6.07 Å². The molecule has 0 spiro atoms. The Kier molecular flexibility index (Phi) is 3.55. The van der Waals surface area contributed by atoms with Crippen LogP contribution in [0.3, 0.4) is 0 Å². The Morgan fingerprint density at radius 2 is 1.83 bits per heavy atom. The second kappa shape index (κ2) is 4.73. The highest BCUT2D eigenvalue weighted by molar-refractivity contribution is 5.16. The first kappa shape index (κ1) is 9.01. The molecular formula is C11H14O. The van der Waals surface area contributed by atoms with E-state index in [9.17, 15) is 0 Å². The molecule has 0 aliphatic carbocycles. The summed E-state index contributed by atoms with van der Waals surface area (Å²) in [7, 11) is 0. The highest BCUT2D eigenvalue weighted by Gasteiger charge is 2.21. The van der Waals surface area contributed by atoms with Crippen molar-refractivity contribution in [1.82, 2.24) is 0 Å². The maximum absolute atomic E-state index is 5.11. The van der Waals surface area contributed by atoms with Crippen molar-refractivity contribution in [3.05, 3.63) is 49.1 Å². The van der Waals surface area contributed by atoms with Crippen LogP contribution in [0.1, 0.15) is 5.56 Å². The van der Waals surface area contributed by atoms with Gasteiger partial charge in [0.15, 0.2) is 0 Å². The van der Waals surface area contributed by atoms with E-state index in [1.54, 1.807) is 0 Å². The highest BCUT2D eigenvalue weighted by Crippen LogP contribution is 2.15. The van der Waals surface area contributed by atoms with Crippen LogP contribution in [-0.2, 0) is 11.2 Å². The Morgan fingerprint density at radius 1 is 1.25 bits per heavy atom. The number of benzene rings is 1. The third-order valence-corrected chi connectivity index (χ3v) is 1.71. The van der Waals surface area contributed by atoms with Crippen LogP contribution in [0.25, 0.3) is 0 Å². The first-order valence-corrected chi connectivity index (χ1v) is 4.11. The van der Waals surface area contributed by atoms with Gasteiger partial charge in [-0.15, -0.1) is 13.2 Å². The zero-order valence-corrected chi connectivity index (χ0v) is 7.20. The Labute approximate surface area is 73.7 Å². The summed E-state index contributed by atoms with van der Waals surface area (Å²) < 4.78 is 5.11. The van der Waals surface area contributed by atoms with E-state index in [4.69, 9.17) is 4.74 Å². The predicted octanol–water partition coefficient (Wildman–Crippen LogP) is 2.43. The van der Waals surface area contributed by atoms with Crippen LogP contribution in [0.5, 0.6) is 0 Å². The summed E-state index contributed by atoms with van der Waals surface area (Å²) in [4.78, 5) is 0. The van der Waals surface area contributed by atoms with Crippen molar-refractivity contribution in [3.8, 4) is 0 Å². The molecule has 0 bridgehead atoms. The molecular weight excluding hydrogens is 148 g/mol. The van der Waals surface area contributed by atoms with Gasteiger partial charge in [-0.3, -0.25) is 0 Å². The van der Waals surface area contributed by atoms with Gasteiger partial charge in [-0.2, -0.15) is 0 Å². The van der Waals surface area contributed by atoms with Gasteiger partial charge in [0.05, 0.1) is 12.7 Å². The lowest BCUT2D eigenvalue weighted by molar-refractivity contribution is 0.407. The van der Waals surface area contributed by atoms with Crippen LogP contribution >= 0.6 is 0 Å². The van der Waals surface area contributed by atoms with E-state index in [2.05, 4.69) is 37.4 Å². The lowest BCUT2D eigenvalue weighted by atomic mass is 10.1. The molecule has 0 amide bonds. The first-order chi connectivity index (χ1) is 5.95. The van der Waals surface area contributed by atoms with Crippen molar-refractivity contribution >= 4 is 0 Å². The Bertz CT molecular complexity index is 214. The van der Waals surface area contributed by atoms with Gasteiger partial charge in [-0.1, -0.05) is 30.3 Å². The molecule has 1 nitrogen and oxygen atoms in total. The summed E-state index contributed by atoms with van der Waals surface area (Å²) in [5.74, 6) is 0. The molecule has 1 saturated heterocycles. The second-order valence-corrected chi connectivity index (χ2v) is 2.65. The molecule has 64 valence electrons. The normalized spacial score (nSPS) is 19.2. The largest absolute Gasteiger partial charge is 0.373 e. The van der Waals surface area contributed by atoms with Crippen molar-refractivity contribution in [2.75, 3.05) is 6.61 Å². The molecule has 1 aliphatic rings. The minimum absolute atomic E-state index is 0.516. The summed E-state index contributed by atoms with van der Waals surface area (Å²) >= 11 is 0. The van der Waals surface area contributed by atoms with E-state index in [1.165, 1.54) is 5.56 Å². The van der Waals surface area contributed by atoms with Crippen LogP contribution in [0.4, 0.5) is 0 Å². The third-order valence-electron chi connectivity index (χ3n) is 1.71. The van der Waals surface area contributed by atoms with Crippen molar-refractivity contribution in [2.45, 2.75) is 12.5 Å². The molecule has 1 aromatic rings. The van der Waals surface area contributed by atoms with Crippen molar-refractivity contribution in [2.24, 2.45) is 0 Å². The number of epoxide rings is 1. The Hall–Kier alpha value is -1.08. The molecule has 2 rings (SSSR count). The summed E-state index contributed by atoms with van der Waals surface area (Å²) in [5, 5.41) is 0. The van der Waals surface area contributed by atoms with E-state index >= 15 is 0 Å². The molecule has 12 heavy (non-hydrogen) atoms. The van der Waals surface area contributed by atoms with Crippen molar-refractivity contribution < 1.29 is 4.74 Å². The fourth-order valence-electron chi connectivity index (χ4n) is 1.06. The minimum Gasteiger partial charge on any atom is -0.373 e. The van der Waals surface area contributed by atoms with Crippen LogP contribution < -0.4 is 0 Å². The van der Waals surface area contributed by atoms with Crippen LogP contribution in [0.15, 0.2) is 43.5 Å². The van der Waals surface area contributed by atoms with Gasteiger partial charge in [0.2, 0.25) is 0 Å². The maximum atomic E-state index is 5.11. The van der Waals surface area contributed by atoms with Crippen molar-refractivity contribution in [3.63, 3.8) is 0 Å². The molecule has 1 aromatic carbocycles. The number of ether oxygens (including phenoxy) is 1. The minimum atomic E-state index is 0.516. The van der Waals surface area contributed by atoms with E-state index in [0.717, 1.165) is 13.0 Å². The van der Waals surface area contributed by atoms with Crippen LogP contribution in [-0.4, -0.2) is 12.7 Å². The average Bonchev–Trinajstić information content (AvgIpc) is 2.94. The monoisotopic (exact) mass is 162 g/mol. The zero-order valence-electron chi connectivity index (χ0n) is 7.20. The SMILES string of the molecule is C=C.c1ccc(CC2CO2)cc1. The van der Waals surface area contributed by atoms with Gasteiger partial charge in [-0.25, -0.2) is 0 Å². The van der Waals surface area contributed by atoms with E-state index in [-0.39, 0.29) is 0 Å². The fraction of sp³-hybridized carbons (Fsp3) is 0.273. The van der Waals surface area contributed by atoms with Gasteiger partial charge in [0.1, 0.15) is 0 Å². The number of rotatable bonds is 2.